The summed E-state index contributed by atoms with van der Waals surface area (Å²) in [6, 6.07) is 8.05. The van der Waals surface area contributed by atoms with Crippen molar-refractivity contribution in [3.63, 3.8) is 0 Å². The Hall–Kier alpha value is -1.06. The Morgan fingerprint density at radius 3 is 2.71 bits per heavy atom. The van der Waals surface area contributed by atoms with E-state index in [1.54, 1.807) is 14.2 Å². The molecular weight excluding hydrogens is 421 g/mol. The van der Waals surface area contributed by atoms with E-state index in [0.717, 1.165) is 30.2 Å². The minimum atomic E-state index is 0. The van der Waals surface area contributed by atoms with Gasteiger partial charge < -0.3 is 24.8 Å². The molecule has 0 aliphatic heterocycles. The molecule has 1 aromatic rings. The van der Waals surface area contributed by atoms with Gasteiger partial charge in [-0.3, -0.25) is 4.99 Å². The maximum Gasteiger partial charge on any atom is 0.191 e. The fourth-order valence-corrected chi connectivity index (χ4v) is 1.94. The highest BCUT2D eigenvalue weighted by Crippen LogP contribution is 2.12. The van der Waals surface area contributed by atoms with Crippen molar-refractivity contribution in [2.45, 2.75) is 19.9 Å². The topological polar surface area (TPSA) is 64.1 Å². The Morgan fingerprint density at radius 1 is 1.17 bits per heavy atom. The monoisotopic (exact) mass is 451 g/mol. The Morgan fingerprint density at radius 2 is 2.00 bits per heavy atom. The molecule has 0 bridgehead atoms. The zero-order valence-electron chi connectivity index (χ0n) is 14.8. The third kappa shape index (κ3) is 10.7. The molecule has 0 fully saturated rings. The summed E-state index contributed by atoms with van der Waals surface area (Å²) in [5, 5.41) is 6.56. The van der Waals surface area contributed by atoms with Crippen LogP contribution in [0.3, 0.4) is 0 Å². The van der Waals surface area contributed by atoms with E-state index in [0.29, 0.717) is 33.0 Å². The van der Waals surface area contributed by atoms with Gasteiger partial charge in [-0.25, -0.2) is 0 Å². The quantitative estimate of drug-likeness (QED) is 0.234. The molecule has 0 aliphatic rings. The molecule has 0 aliphatic carbocycles. The average Bonchev–Trinajstić information content (AvgIpc) is 2.57. The molecule has 0 aromatic heterocycles. The van der Waals surface area contributed by atoms with Crippen molar-refractivity contribution in [1.82, 2.24) is 10.6 Å². The van der Waals surface area contributed by atoms with E-state index >= 15 is 0 Å². The molecule has 6 nitrogen and oxygen atoms in total. The lowest BCUT2D eigenvalue weighted by atomic mass is 10.2. The molecule has 138 valence electrons. The van der Waals surface area contributed by atoms with Crippen LogP contribution in [-0.4, -0.2) is 53.1 Å². The van der Waals surface area contributed by atoms with Gasteiger partial charge in [0.25, 0.3) is 0 Å². The predicted octanol–water partition coefficient (Wildman–Crippen LogP) is 2.42. The van der Waals surface area contributed by atoms with E-state index in [4.69, 9.17) is 14.2 Å². The normalized spacial score (nSPS) is 10.9. The van der Waals surface area contributed by atoms with Crippen LogP contribution in [0.25, 0.3) is 0 Å². The minimum absolute atomic E-state index is 0. The molecule has 24 heavy (non-hydrogen) atoms. The summed E-state index contributed by atoms with van der Waals surface area (Å²) in [6.07, 6.45) is 0.921. The van der Waals surface area contributed by atoms with Gasteiger partial charge >= 0.3 is 0 Å². The number of rotatable bonds is 11. The second-order valence-corrected chi connectivity index (χ2v) is 4.89. The summed E-state index contributed by atoms with van der Waals surface area (Å²) in [5.41, 5.74) is 1.15. The molecule has 2 N–H and O–H groups in total. The van der Waals surface area contributed by atoms with E-state index < -0.39 is 0 Å². The standard InChI is InChI=1S/C17H29N3O3.HI/c1-4-23-16-8-5-7-15(13-16)14-20-17(18-2)19-9-6-10-22-12-11-21-3;/h5,7-8,13H,4,6,9-12,14H2,1-3H3,(H2,18,19,20);1H. The van der Waals surface area contributed by atoms with Gasteiger partial charge in [-0.2, -0.15) is 0 Å². The highest BCUT2D eigenvalue weighted by molar-refractivity contribution is 14.0. The Bertz CT molecular complexity index is 458. The van der Waals surface area contributed by atoms with Crippen LogP contribution in [0.15, 0.2) is 29.3 Å². The van der Waals surface area contributed by atoms with Crippen molar-refractivity contribution in [1.29, 1.82) is 0 Å². The number of halogens is 1. The second kappa shape index (κ2) is 15.5. The van der Waals surface area contributed by atoms with Gasteiger partial charge in [0.2, 0.25) is 0 Å². The first-order valence-electron chi connectivity index (χ1n) is 8.03. The summed E-state index contributed by atoms with van der Waals surface area (Å²) in [7, 11) is 3.44. The number of aliphatic imine (C=N–C) groups is 1. The minimum Gasteiger partial charge on any atom is -0.494 e. The number of hydrogen-bond acceptors (Lipinski definition) is 4. The van der Waals surface area contributed by atoms with Crippen LogP contribution in [-0.2, 0) is 16.0 Å². The molecule has 0 saturated heterocycles. The third-order valence-corrected chi connectivity index (χ3v) is 3.08. The van der Waals surface area contributed by atoms with Crippen LogP contribution in [0.1, 0.15) is 18.9 Å². The molecule has 1 rings (SSSR count). The van der Waals surface area contributed by atoms with Crippen molar-refractivity contribution >= 4 is 29.9 Å². The van der Waals surface area contributed by atoms with E-state index in [1.165, 1.54) is 0 Å². The highest BCUT2D eigenvalue weighted by atomic mass is 127. The number of hydrogen-bond donors (Lipinski definition) is 2. The summed E-state index contributed by atoms with van der Waals surface area (Å²) >= 11 is 0. The van der Waals surface area contributed by atoms with Crippen LogP contribution >= 0.6 is 24.0 Å². The molecule has 7 heteroatoms. The first-order valence-corrected chi connectivity index (χ1v) is 8.03. The fourth-order valence-electron chi connectivity index (χ4n) is 1.94. The Labute approximate surface area is 162 Å². The predicted molar refractivity (Wildman–Crippen MR) is 109 cm³/mol. The number of ether oxygens (including phenoxy) is 3. The summed E-state index contributed by atoms with van der Waals surface area (Å²) < 4.78 is 15.8. The number of nitrogens with zero attached hydrogens (tertiary/aromatic N) is 1. The number of benzene rings is 1. The van der Waals surface area contributed by atoms with Gasteiger partial charge in [0.1, 0.15) is 5.75 Å². The lowest BCUT2D eigenvalue weighted by Gasteiger charge is -2.12. The second-order valence-electron chi connectivity index (χ2n) is 4.89. The van der Waals surface area contributed by atoms with Crippen molar-refractivity contribution in [2.75, 3.05) is 47.1 Å². The Balaban J connectivity index is 0.00000529. The Kier molecular flexibility index (Phi) is 14.8. The van der Waals surface area contributed by atoms with Crippen molar-refractivity contribution in [3.8, 4) is 5.75 Å². The smallest absolute Gasteiger partial charge is 0.191 e. The maximum atomic E-state index is 5.50. The summed E-state index contributed by atoms with van der Waals surface area (Å²) in [4.78, 5) is 4.21. The van der Waals surface area contributed by atoms with Gasteiger partial charge in [-0.15, -0.1) is 24.0 Å². The molecular formula is C17H30IN3O3. The van der Waals surface area contributed by atoms with Gasteiger partial charge in [0, 0.05) is 33.9 Å². The number of nitrogens with one attached hydrogen (secondary N) is 2. The zero-order chi connectivity index (χ0) is 16.8. The molecule has 0 saturated carbocycles. The van der Waals surface area contributed by atoms with Crippen LogP contribution in [0.2, 0.25) is 0 Å². The van der Waals surface area contributed by atoms with Crippen LogP contribution in [0, 0.1) is 0 Å². The van der Waals surface area contributed by atoms with Crippen molar-refractivity contribution in [3.05, 3.63) is 29.8 Å². The molecule has 0 spiro atoms. The van der Waals surface area contributed by atoms with E-state index in [9.17, 15) is 0 Å². The van der Waals surface area contributed by atoms with Crippen LogP contribution in [0.4, 0.5) is 0 Å². The number of guanidine groups is 1. The van der Waals surface area contributed by atoms with E-state index in [-0.39, 0.29) is 24.0 Å². The molecule has 0 radical (unpaired) electrons. The highest BCUT2D eigenvalue weighted by Gasteiger charge is 2.00. The molecule has 0 heterocycles. The van der Waals surface area contributed by atoms with E-state index in [2.05, 4.69) is 21.7 Å². The van der Waals surface area contributed by atoms with Crippen LogP contribution in [0.5, 0.6) is 5.75 Å². The van der Waals surface area contributed by atoms with E-state index in [1.807, 2.05) is 25.1 Å². The molecule has 0 amide bonds. The lowest BCUT2D eigenvalue weighted by molar-refractivity contribution is 0.0698. The van der Waals surface area contributed by atoms with Gasteiger partial charge in [0.15, 0.2) is 5.96 Å². The lowest BCUT2D eigenvalue weighted by Crippen LogP contribution is -2.37. The largest absolute Gasteiger partial charge is 0.494 e. The molecule has 0 atom stereocenters. The SMILES string of the molecule is CCOc1cccc(CNC(=NC)NCCCOCCOC)c1.I. The number of methoxy groups -OCH3 is 1. The fraction of sp³-hybridized carbons (Fsp3) is 0.588. The first kappa shape index (κ1) is 22.9. The summed E-state index contributed by atoms with van der Waals surface area (Å²) in [5.74, 6) is 1.67. The van der Waals surface area contributed by atoms with Crippen LogP contribution < -0.4 is 15.4 Å². The maximum absolute atomic E-state index is 5.50. The third-order valence-electron chi connectivity index (χ3n) is 3.08. The average molecular weight is 451 g/mol. The van der Waals surface area contributed by atoms with Crippen molar-refractivity contribution < 1.29 is 14.2 Å². The molecule has 0 unspecified atom stereocenters. The zero-order valence-corrected chi connectivity index (χ0v) is 17.2. The first-order chi connectivity index (χ1) is 11.3. The van der Waals surface area contributed by atoms with Gasteiger partial charge in [-0.1, -0.05) is 12.1 Å². The van der Waals surface area contributed by atoms with Gasteiger partial charge in [0.05, 0.1) is 19.8 Å². The summed E-state index contributed by atoms with van der Waals surface area (Å²) in [6.45, 7) is 6.15. The van der Waals surface area contributed by atoms with Gasteiger partial charge in [-0.05, 0) is 31.0 Å². The van der Waals surface area contributed by atoms with Crippen molar-refractivity contribution in [2.24, 2.45) is 4.99 Å². The molecule has 1 aromatic carbocycles.